The highest BCUT2D eigenvalue weighted by atomic mass is 19.1. The molecule has 2 amide bonds. The van der Waals surface area contributed by atoms with Crippen LogP contribution in [0.15, 0.2) is 18.2 Å². The third kappa shape index (κ3) is 4.01. The Morgan fingerprint density at radius 3 is 2.87 bits per heavy atom. The Morgan fingerprint density at radius 1 is 1.52 bits per heavy atom. The van der Waals surface area contributed by atoms with Crippen LogP contribution in [0.3, 0.4) is 0 Å². The van der Waals surface area contributed by atoms with E-state index in [1.807, 2.05) is 13.8 Å². The third-order valence-electron chi connectivity index (χ3n) is 3.51. The first kappa shape index (κ1) is 16.8. The highest BCUT2D eigenvalue weighted by Gasteiger charge is 2.25. The molecule has 1 fully saturated rings. The summed E-state index contributed by atoms with van der Waals surface area (Å²) in [5.41, 5.74) is -0.122. The second-order valence-electron chi connectivity index (χ2n) is 6.17. The van der Waals surface area contributed by atoms with Gasteiger partial charge in [-0.15, -0.1) is 12.3 Å². The lowest BCUT2D eigenvalue weighted by atomic mass is 9.91. The number of halogens is 1. The minimum absolute atomic E-state index is 0.0872. The number of amides is 2. The Labute approximate surface area is 134 Å². The standard InChI is InChI=1S/C17H19FN2O3/c1-4-7-17(2,3)11-23-15(21)13-10-12(5-6-14(13)18)20-9-8-19-16(20)22/h1,5-6,10H,7-9,11H2,2-3H3,(H,19,22). The van der Waals surface area contributed by atoms with Crippen molar-refractivity contribution in [3.63, 3.8) is 0 Å². The first-order chi connectivity index (χ1) is 10.8. The molecule has 1 aliphatic heterocycles. The molecule has 0 spiro atoms. The molecular weight excluding hydrogens is 299 g/mol. The molecule has 0 aromatic heterocycles. The van der Waals surface area contributed by atoms with Crippen LogP contribution in [0.2, 0.25) is 0 Å². The average Bonchev–Trinajstić information content (AvgIpc) is 2.91. The van der Waals surface area contributed by atoms with Crippen molar-refractivity contribution in [2.75, 3.05) is 24.6 Å². The fraction of sp³-hybridized carbons (Fsp3) is 0.412. The zero-order valence-corrected chi connectivity index (χ0v) is 13.2. The van der Waals surface area contributed by atoms with Gasteiger partial charge in [0.05, 0.1) is 12.2 Å². The van der Waals surface area contributed by atoms with Crippen LogP contribution in [0.1, 0.15) is 30.6 Å². The number of nitrogens with zero attached hydrogens (tertiary/aromatic N) is 1. The molecule has 0 aliphatic carbocycles. The maximum atomic E-state index is 13.9. The lowest BCUT2D eigenvalue weighted by Gasteiger charge is -2.21. The van der Waals surface area contributed by atoms with E-state index in [2.05, 4.69) is 11.2 Å². The van der Waals surface area contributed by atoms with Gasteiger partial charge < -0.3 is 10.1 Å². The van der Waals surface area contributed by atoms with Gasteiger partial charge in [-0.3, -0.25) is 4.90 Å². The molecule has 2 rings (SSSR count). The Bertz CT molecular complexity index is 664. The van der Waals surface area contributed by atoms with Crippen molar-refractivity contribution in [2.45, 2.75) is 20.3 Å². The minimum atomic E-state index is -0.769. The number of nitrogens with one attached hydrogen (secondary N) is 1. The summed E-state index contributed by atoms with van der Waals surface area (Å²) in [6.07, 6.45) is 5.71. The molecule has 122 valence electrons. The molecule has 1 heterocycles. The number of hydrogen-bond donors (Lipinski definition) is 1. The predicted octanol–water partition coefficient (Wildman–Crippen LogP) is 2.56. The molecule has 1 aromatic carbocycles. The summed E-state index contributed by atoms with van der Waals surface area (Å²) < 4.78 is 19.1. The van der Waals surface area contributed by atoms with E-state index in [1.165, 1.54) is 17.0 Å². The minimum Gasteiger partial charge on any atom is -0.461 e. The molecule has 1 aromatic rings. The number of anilines is 1. The Morgan fingerprint density at radius 2 is 2.26 bits per heavy atom. The molecule has 0 saturated carbocycles. The van der Waals surface area contributed by atoms with Crippen molar-refractivity contribution in [1.82, 2.24) is 5.32 Å². The van der Waals surface area contributed by atoms with Crippen LogP contribution in [-0.4, -0.2) is 31.7 Å². The van der Waals surface area contributed by atoms with Crippen molar-refractivity contribution < 1.29 is 18.7 Å². The number of terminal acetylenes is 1. The summed E-state index contributed by atoms with van der Waals surface area (Å²) >= 11 is 0. The number of esters is 1. The van der Waals surface area contributed by atoms with Gasteiger partial charge in [-0.25, -0.2) is 14.0 Å². The smallest absolute Gasteiger partial charge is 0.341 e. The first-order valence-corrected chi connectivity index (χ1v) is 7.29. The van der Waals surface area contributed by atoms with E-state index in [0.717, 1.165) is 6.07 Å². The SMILES string of the molecule is C#CCC(C)(C)COC(=O)c1cc(N2CCNC2=O)ccc1F. The van der Waals surface area contributed by atoms with Gasteiger partial charge in [0.15, 0.2) is 0 Å². The van der Waals surface area contributed by atoms with Gasteiger partial charge >= 0.3 is 12.0 Å². The number of hydrogen-bond acceptors (Lipinski definition) is 3. The number of carbonyl (C=O) groups excluding carboxylic acids is 2. The van der Waals surface area contributed by atoms with Crippen LogP contribution in [0.4, 0.5) is 14.9 Å². The van der Waals surface area contributed by atoms with Gasteiger partial charge in [0.2, 0.25) is 0 Å². The molecule has 0 bridgehead atoms. The number of carbonyl (C=O) groups is 2. The van der Waals surface area contributed by atoms with E-state index < -0.39 is 11.8 Å². The fourth-order valence-corrected chi connectivity index (χ4v) is 2.22. The molecule has 0 unspecified atom stereocenters. The maximum absolute atomic E-state index is 13.9. The van der Waals surface area contributed by atoms with Crippen LogP contribution in [0, 0.1) is 23.6 Å². The van der Waals surface area contributed by atoms with Crippen molar-refractivity contribution in [2.24, 2.45) is 5.41 Å². The molecule has 6 heteroatoms. The molecule has 5 nitrogen and oxygen atoms in total. The van der Waals surface area contributed by atoms with Crippen molar-refractivity contribution in [3.05, 3.63) is 29.6 Å². The molecule has 1 N–H and O–H groups in total. The van der Waals surface area contributed by atoms with Crippen molar-refractivity contribution in [1.29, 1.82) is 0 Å². The topological polar surface area (TPSA) is 58.6 Å². The molecule has 23 heavy (non-hydrogen) atoms. The second-order valence-corrected chi connectivity index (χ2v) is 6.17. The van der Waals surface area contributed by atoms with Crippen LogP contribution in [0.5, 0.6) is 0 Å². The largest absolute Gasteiger partial charge is 0.461 e. The average molecular weight is 318 g/mol. The maximum Gasteiger partial charge on any atom is 0.341 e. The van der Waals surface area contributed by atoms with Crippen LogP contribution < -0.4 is 10.2 Å². The van der Waals surface area contributed by atoms with Crippen molar-refractivity contribution >= 4 is 17.7 Å². The number of ether oxygens (including phenoxy) is 1. The van der Waals surface area contributed by atoms with E-state index in [4.69, 9.17) is 11.2 Å². The monoisotopic (exact) mass is 318 g/mol. The van der Waals surface area contributed by atoms with E-state index in [9.17, 15) is 14.0 Å². The fourth-order valence-electron chi connectivity index (χ4n) is 2.22. The zero-order chi connectivity index (χ0) is 17.0. The summed E-state index contributed by atoms with van der Waals surface area (Å²) in [5.74, 6) is 1.06. The molecule has 0 atom stereocenters. The third-order valence-corrected chi connectivity index (χ3v) is 3.51. The second kappa shape index (κ2) is 6.69. The summed E-state index contributed by atoms with van der Waals surface area (Å²) in [5, 5.41) is 2.65. The summed E-state index contributed by atoms with van der Waals surface area (Å²) in [6, 6.07) is 3.67. The number of urea groups is 1. The lowest BCUT2D eigenvalue weighted by molar-refractivity contribution is 0.0343. The molecule has 1 saturated heterocycles. The Hall–Kier alpha value is -2.55. The van der Waals surface area contributed by atoms with Gasteiger partial charge in [0.25, 0.3) is 0 Å². The summed E-state index contributed by atoms with van der Waals surface area (Å²) in [7, 11) is 0. The summed E-state index contributed by atoms with van der Waals surface area (Å²) in [6.45, 7) is 4.79. The van der Waals surface area contributed by atoms with Crippen LogP contribution in [-0.2, 0) is 4.74 Å². The van der Waals surface area contributed by atoms with E-state index in [-0.39, 0.29) is 23.6 Å². The highest BCUT2D eigenvalue weighted by molar-refractivity contribution is 5.96. The van der Waals surface area contributed by atoms with Gasteiger partial charge in [-0.1, -0.05) is 13.8 Å². The Kier molecular flexibility index (Phi) is 4.89. The van der Waals surface area contributed by atoms with Crippen LogP contribution >= 0.6 is 0 Å². The van der Waals surface area contributed by atoms with E-state index >= 15 is 0 Å². The van der Waals surface area contributed by atoms with E-state index in [1.54, 1.807) is 0 Å². The van der Waals surface area contributed by atoms with Gasteiger partial charge in [-0.05, 0) is 18.2 Å². The zero-order valence-electron chi connectivity index (χ0n) is 13.2. The van der Waals surface area contributed by atoms with E-state index in [0.29, 0.717) is 25.2 Å². The van der Waals surface area contributed by atoms with Gasteiger partial charge in [0.1, 0.15) is 5.82 Å². The van der Waals surface area contributed by atoms with Gasteiger partial charge in [0, 0.05) is 30.6 Å². The quantitative estimate of drug-likeness (QED) is 0.670. The molecular formula is C17H19FN2O3. The van der Waals surface area contributed by atoms with Crippen molar-refractivity contribution in [3.8, 4) is 12.3 Å². The predicted molar refractivity (Wildman–Crippen MR) is 84.7 cm³/mol. The normalized spacial score (nSPS) is 14.3. The molecule has 0 radical (unpaired) electrons. The number of rotatable bonds is 5. The van der Waals surface area contributed by atoms with Gasteiger partial charge in [-0.2, -0.15) is 0 Å². The summed E-state index contributed by atoms with van der Waals surface area (Å²) in [4.78, 5) is 25.2. The molecule has 1 aliphatic rings. The number of benzene rings is 1. The first-order valence-electron chi connectivity index (χ1n) is 7.29. The lowest BCUT2D eigenvalue weighted by Crippen LogP contribution is -2.28. The van der Waals surface area contributed by atoms with Crippen LogP contribution in [0.25, 0.3) is 0 Å². The Balaban J connectivity index is 2.14. The highest BCUT2D eigenvalue weighted by Crippen LogP contribution is 2.23.